The van der Waals surface area contributed by atoms with Gasteiger partial charge in [-0.1, -0.05) is 23.7 Å². The van der Waals surface area contributed by atoms with Crippen molar-refractivity contribution in [2.45, 2.75) is 13.5 Å². The number of ether oxygens (including phenoxy) is 1. The summed E-state index contributed by atoms with van der Waals surface area (Å²) in [5.41, 5.74) is 2.72. The van der Waals surface area contributed by atoms with E-state index in [1.54, 1.807) is 18.2 Å². The van der Waals surface area contributed by atoms with Gasteiger partial charge in [0, 0.05) is 5.02 Å². The predicted molar refractivity (Wildman–Crippen MR) is 89.6 cm³/mol. The van der Waals surface area contributed by atoms with Crippen molar-refractivity contribution in [2.75, 3.05) is 6.61 Å². The number of H-pyrrole nitrogens is 1. The molecule has 118 valence electrons. The number of fused-ring (bicyclic) bond motifs is 1. The van der Waals surface area contributed by atoms with Gasteiger partial charge in [-0.2, -0.15) is 0 Å². The van der Waals surface area contributed by atoms with Gasteiger partial charge in [0.15, 0.2) is 6.61 Å². The summed E-state index contributed by atoms with van der Waals surface area (Å²) in [7, 11) is 0. The number of nitrogens with zero attached hydrogens (tertiary/aromatic N) is 1. The number of carbonyl (C=O) groups is 1. The van der Waals surface area contributed by atoms with Gasteiger partial charge in [-0.3, -0.25) is 4.79 Å². The van der Waals surface area contributed by atoms with E-state index in [9.17, 15) is 4.79 Å². The van der Waals surface area contributed by atoms with Crippen molar-refractivity contribution in [2.24, 2.45) is 0 Å². The molecule has 5 nitrogen and oxygen atoms in total. The summed E-state index contributed by atoms with van der Waals surface area (Å²) < 4.78 is 5.50. The maximum atomic E-state index is 11.9. The molecule has 0 aliphatic heterocycles. The fraction of sp³-hybridized carbons (Fsp3) is 0.176. The van der Waals surface area contributed by atoms with Gasteiger partial charge in [-0.25, -0.2) is 4.98 Å². The molecule has 2 aromatic carbocycles. The lowest BCUT2D eigenvalue weighted by Gasteiger charge is -2.09. The highest BCUT2D eigenvalue weighted by Gasteiger charge is 2.07. The van der Waals surface area contributed by atoms with Gasteiger partial charge >= 0.3 is 0 Å². The summed E-state index contributed by atoms with van der Waals surface area (Å²) in [6, 6.07) is 13.0. The van der Waals surface area contributed by atoms with Crippen LogP contribution in [-0.2, 0) is 11.3 Å². The second kappa shape index (κ2) is 6.71. The van der Waals surface area contributed by atoms with Crippen LogP contribution < -0.4 is 10.1 Å². The number of amides is 1. The van der Waals surface area contributed by atoms with Crippen molar-refractivity contribution in [3.05, 3.63) is 58.9 Å². The third kappa shape index (κ3) is 3.81. The Morgan fingerprint density at radius 3 is 2.91 bits per heavy atom. The summed E-state index contributed by atoms with van der Waals surface area (Å²) in [6.45, 7) is 2.16. The van der Waals surface area contributed by atoms with Crippen LogP contribution >= 0.6 is 11.6 Å². The fourth-order valence-electron chi connectivity index (χ4n) is 2.24. The molecule has 1 heterocycles. The largest absolute Gasteiger partial charge is 0.484 e. The molecule has 3 rings (SSSR count). The van der Waals surface area contributed by atoms with Gasteiger partial charge in [0.2, 0.25) is 0 Å². The van der Waals surface area contributed by atoms with Gasteiger partial charge in [-0.15, -0.1) is 0 Å². The molecule has 0 aliphatic rings. The Morgan fingerprint density at radius 1 is 1.30 bits per heavy atom. The van der Waals surface area contributed by atoms with Crippen molar-refractivity contribution < 1.29 is 9.53 Å². The number of nitrogens with one attached hydrogen (secondary N) is 2. The van der Waals surface area contributed by atoms with E-state index in [0.717, 1.165) is 16.6 Å². The number of para-hydroxylation sites is 2. The zero-order valence-corrected chi connectivity index (χ0v) is 13.4. The monoisotopic (exact) mass is 329 g/mol. The number of rotatable bonds is 5. The lowest BCUT2D eigenvalue weighted by molar-refractivity contribution is -0.123. The van der Waals surface area contributed by atoms with Gasteiger partial charge in [0.25, 0.3) is 5.91 Å². The fourth-order valence-corrected chi connectivity index (χ4v) is 2.47. The minimum Gasteiger partial charge on any atom is -0.484 e. The molecule has 2 N–H and O–H groups in total. The Bertz CT molecular complexity index is 812. The molecule has 0 unspecified atom stereocenters. The molecule has 1 aromatic heterocycles. The number of hydrogen-bond donors (Lipinski definition) is 2. The van der Waals surface area contributed by atoms with E-state index in [-0.39, 0.29) is 12.5 Å². The molecule has 0 atom stereocenters. The van der Waals surface area contributed by atoms with Crippen LogP contribution in [0.3, 0.4) is 0 Å². The van der Waals surface area contributed by atoms with Crippen LogP contribution in [0.1, 0.15) is 11.4 Å². The Kier molecular flexibility index (Phi) is 4.48. The molecule has 0 saturated carbocycles. The van der Waals surface area contributed by atoms with E-state index < -0.39 is 0 Å². The van der Waals surface area contributed by atoms with Crippen molar-refractivity contribution in [3.8, 4) is 5.75 Å². The molecular formula is C17H16ClN3O2. The second-order valence-electron chi connectivity index (χ2n) is 5.18. The predicted octanol–water partition coefficient (Wildman–Crippen LogP) is 3.22. The third-order valence-corrected chi connectivity index (χ3v) is 3.62. The molecule has 0 saturated heterocycles. The standard InChI is InChI=1S/C17H16ClN3O2/c1-11-8-12(18)6-7-15(11)23-10-17(22)19-9-16-20-13-4-2-3-5-14(13)21-16/h2-8H,9-10H2,1H3,(H,19,22)(H,20,21). The normalized spacial score (nSPS) is 10.7. The number of imidazole rings is 1. The smallest absolute Gasteiger partial charge is 0.258 e. The zero-order chi connectivity index (χ0) is 16.2. The molecule has 0 fully saturated rings. The number of benzene rings is 2. The number of halogens is 1. The lowest BCUT2D eigenvalue weighted by Crippen LogP contribution is -2.28. The molecule has 3 aromatic rings. The Balaban J connectivity index is 1.53. The SMILES string of the molecule is Cc1cc(Cl)ccc1OCC(=O)NCc1nc2ccccc2[nH]1. The first-order valence-corrected chi connectivity index (χ1v) is 7.59. The minimum absolute atomic E-state index is 0.0529. The van der Waals surface area contributed by atoms with Gasteiger partial charge in [-0.05, 0) is 42.8 Å². The number of carbonyl (C=O) groups excluding carboxylic acids is 1. The molecule has 0 aliphatic carbocycles. The molecule has 23 heavy (non-hydrogen) atoms. The summed E-state index contributed by atoms with van der Waals surface area (Å²) in [5, 5.41) is 3.42. The summed E-state index contributed by atoms with van der Waals surface area (Å²) in [6.07, 6.45) is 0. The van der Waals surface area contributed by atoms with Crippen molar-refractivity contribution in [1.29, 1.82) is 0 Å². The Morgan fingerprint density at radius 2 is 2.13 bits per heavy atom. The van der Waals surface area contributed by atoms with E-state index in [0.29, 0.717) is 23.1 Å². The van der Waals surface area contributed by atoms with Crippen LogP contribution in [0.5, 0.6) is 5.75 Å². The molecule has 6 heteroatoms. The van der Waals surface area contributed by atoms with Gasteiger partial charge in [0.1, 0.15) is 11.6 Å². The zero-order valence-electron chi connectivity index (χ0n) is 12.6. The van der Waals surface area contributed by atoms with Crippen LogP contribution in [0.2, 0.25) is 5.02 Å². The van der Waals surface area contributed by atoms with Crippen molar-refractivity contribution in [1.82, 2.24) is 15.3 Å². The quantitative estimate of drug-likeness (QED) is 0.755. The topological polar surface area (TPSA) is 67.0 Å². The van der Waals surface area contributed by atoms with Crippen LogP contribution in [0.4, 0.5) is 0 Å². The molecule has 0 bridgehead atoms. The lowest BCUT2D eigenvalue weighted by atomic mass is 10.2. The highest BCUT2D eigenvalue weighted by Crippen LogP contribution is 2.21. The average Bonchev–Trinajstić information content (AvgIpc) is 2.95. The number of hydrogen-bond acceptors (Lipinski definition) is 3. The maximum Gasteiger partial charge on any atom is 0.258 e. The van der Waals surface area contributed by atoms with Gasteiger partial charge in [0.05, 0.1) is 17.6 Å². The molecule has 0 radical (unpaired) electrons. The van der Waals surface area contributed by atoms with Crippen LogP contribution in [-0.4, -0.2) is 22.5 Å². The second-order valence-corrected chi connectivity index (χ2v) is 5.61. The molecule has 0 spiro atoms. The highest BCUT2D eigenvalue weighted by atomic mass is 35.5. The summed E-state index contributed by atoms with van der Waals surface area (Å²) in [4.78, 5) is 19.4. The van der Waals surface area contributed by atoms with Crippen LogP contribution in [0.15, 0.2) is 42.5 Å². The number of aromatic amines is 1. The van der Waals surface area contributed by atoms with Crippen LogP contribution in [0, 0.1) is 6.92 Å². The van der Waals surface area contributed by atoms with Crippen LogP contribution in [0.25, 0.3) is 11.0 Å². The Hall–Kier alpha value is -2.53. The van der Waals surface area contributed by atoms with E-state index in [1.165, 1.54) is 0 Å². The first kappa shape index (κ1) is 15.4. The third-order valence-electron chi connectivity index (χ3n) is 3.39. The van der Waals surface area contributed by atoms with Crippen molar-refractivity contribution in [3.63, 3.8) is 0 Å². The minimum atomic E-state index is -0.209. The average molecular weight is 330 g/mol. The van der Waals surface area contributed by atoms with E-state index >= 15 is 0 Å². The van der Waals surface area contributed by atoms with Crippen molar-refractivity contribution >= 4 is 28.5 Å². The summed E-state index contributed by atoms with van der Waals surface area (Å²) >= 11 is 5.89. The molecule has 1 amide bonds. The number of aromatic nitrogens is 2. The van der Waals surface area contributed by atoms with Gasteiger partial charge < -0.3 is 15.0 Å². The first-order chi connectivity index (χ1) is 11.1. The maximum absolute atomic E-state index is 11.9. The Labute approximate surface area is 138 Å². The first-order valence-electron chi connectivity index (χ1n) is 7.21. The highest BCUT2D eigenvalue weighted by molar-refractivity contribution is 6.30. The van der Waals surface area contributed by atoms with E-state index in [1.807, 2.05) is 31.2 Å². The molecular weight excluding hydrogens is 314 g/mol. The number of aryl methyl sites for hydroxylation is 1. The van der Waals surface area contributed by atoms with E-state index in [4.69, 9.17) is 16.3 Å². The van der Waals surface area contributed by atoms with E-state index in [2.05, 4.69) is 15.3 Å². The summed E-state index contributed by atoms with van der Waals surface area (Å²) in [5.74, 6) is 1.15.